The van der Waals surface area contributed by atoms with Crippen molar-refractivity contribution in [2.24, 2.45) is 0 Å². The van der Waals surface area contributed by atoms with Gasteiger partial charge in [0, 0.05) is 17.5 Å². The number of rotatable bonds is 4. The summed E-state index contributed by atoms with van der Waals surface area (Å²) in [6.45, 7) is 3.39. The van der Waals surface area contributed by atoms with Gasteiger partial charge >= 0.3 is 5.97 Å². The summed E-state index contributed by atoms with van der Waals surface area (Å²) in [4.78, 5) is 14.1. The summed E-state index contributed by atoms with van der Waals surface area (Å²) < 4.78 is 0. The molecule has 2 heterocycles. The van der Waals surface area contributed by atoms with Crippen molar-refractivity contribution in [1.29, 1.82) is 0 Å². The van der Waals surface area contributed by atoms with Crippen LogP contribution in [0.25, 0.3) is 6.08 Å². The number of carboxylic acid groups (broad SMARTS) is 1. The largest absolute Gasteiger partial charge is 0.478 e. The molecular formula is C12H15NO2S. The number of aliphatic carboxylic acids is 1. The van der Waals surface area contributed by atoms with Gasteiger partial charge in [0.15, 0.2) is 0 Å². The molecule has 86 valence electrons. The summed E-state index contributed by atoms with van der Waals surface area (Å²) in [5.41, 5.74) is 0.988. The van der Waals surface area contributed by atoms with Gasteiger partial charge in [-0.15, -0.1) is 11.3 Å². The molecule has 0 amide bonds. The number of carboxylic acids is 1. The molecule has 1 aromatic heterocycles. The average molecular weight is 237 g/mol. The van der Waals surface area contributed by atoms with Gasteiger partial charge in [0.1, 0.15) is 0 Å². The molecule has 16 heavy (non-hydrogen) atoms. The maximum Gasteiger partial charge on any atom is 0.328 e. The van der Waals surface area contributed by atoms with Crippen LogP contribution >= 0.6 is 11.3 Å². The van der Waals surface area contributed by atoms with Crippen LogP contribution in [-0.4, -0.2) is 29.1 Å². The van der Waals surface area contributed by atoms with Gasteiger partial charge in [-0.05, 0) is 49.0 Å². The summed E-state index contributed by atoms with van der Waals surface area (Å²) in [6, 6.07) is 2.07. The topological polar surface area (TPSA) is 40.5 Å². The van der Waals surface area contributed by atoms with Crippen molar-refractivity contribution in [3.8, 4) is 0 Å². The second kappa shape index (κ2) is 5.27. The first-order valence-corrected chi connectivity index (χ1v) is 6.33. The maximum absolute atomic E-state index is 10.4. The lowest BCUT2D eigenvalue weighted by Crippen LogP contribution is -2.17. The van der Waals surface area contributed by atoms with E-state index in [1.165, 1.54) is 36.9 Å². The van der Waals surface area contributed by atoms with Crippen LogP contribution in [0.15, 0.2) is 17.5 Å². The third-order valence-corrected chi connectivity index (χ3v) is 3.61. The fraction of sp³-hybridized carbons (Fsp3) is 0.417. The number of hydrogen-bond donors (Lipinski definition) is 1. The van der Waals surface area contributed by atoms with Crippen molar-refractivity contribution in [2.45, 2.75) is 19.4 Å². The van der Waals surface area contributed by atoms with Crippen molar-refractivity contribution >= 4 is 23.4 Å². The highest BCUT2D eigenvalue weighted by atomic mass is 32.1. The van der Waals surface area contributed by atoms with Gasteiger partial charge in [0.25, 0.3) is 0 Å². The lowest BCUT2D eigenvalue weighted by atomic mass is 10.3. The van der Waals surface area contributed by atoms with Gasteiger partial charge in [0.05, 0.1) is 0 Å². The second-order valence-corrected chi connectivity index (χ2v) is 5.00. The van der Waals surface area contributed by atoms with E-state index in [9.17, 15) is 4.79 Å². The van der Waals surface area contributed by atoms with Gasteiger partial charge in [-0.1, -0.05) is 0 Å². The maximum atomic E-state index is 10.4. The molecule has 2 rings (SSSR count). The van der Waals surface area contributed by atoms with E-state index in [-0.39, 0.29) is 0 Å². The highest BCUT2D eigenvalue weighted by molar-refractivity contribution is 7.10. The monoisotopic (exact) mass is 237 g/mol. The van der Waals surface area contributed by atoms with Crippen LogP contribution in [-0.2, 0) is 11.3 Å². The molecule has 0 aromatic carbocycles. The first kappa shape index (κ1) is 11.4. The summed E-state index contributed by atoms with van der Waals surface area (Å²) in [5, 5.41) is 10.5. The van der Waals surface area contributed by atoms with Gasteiger partial charge in [-0.2, -0.15) is 0 Å². The van der Waals surface area contributed by atoms with E-state index in [0.717, 1.165) is 12.1 Å². The zero-order chi connectivity index (χ0) is 11.4. The highest BCUT2D eigenvalue weighted by Crippen LogP contribution is 2.20. The quantitative estimate of drug-likeness (QED) is 0.818. The summed E-state index contributed by atoms with van der Waals surface area (Å²) in [5.74, 6) is -0.896. The molecule has 0 atom stereocenters. The number of hydrogen-bond acceptors (Lipinski definition) is 3. The Labute approximate surface area is 99.0 Å². The second-order valence-electron chi connectivity index (χ2n) is 4.00. The Bertz CT molecular complexity index is 391. The molecule has 0 spiro atoms. The molecular weight excluding hydrogens is 222 g/mol. The van der Waals surface area contributed by atoms with Crippen molar-refractivity contribution in [2.75, 3.05) is 13.1 Å². The van der Waals surface area contributed by atoms with Crippen LogP contribution in [0.3, 0.4) is 0 Å². The molecule has 3 nitrogen and oxygen atoms in total. The van der Waals surface area contributed by atoms with E-state index < -0.39 is 5.97 Å². The Morgan fingerprint density at radius 2 is 2.25 bits per heavy atom. The summed E-state index contributed by atoms with van der Waals surface area (Å²) in [7, 11) is 0. The van der Waals surface area contributed by atoms with Crippen molar-refractivity contribution in [3.05, 3.63) is 28.0 Å². The van der Waals surface area contributed by atoms with Crippen LogP contribution < -0.4 is 0 Å². The van der Waals surface area contributed by atoms with Crippen molar-refractivity contribution in [1.82, 2.24) is 4.90 Å². The minimum Gasteiger partial charge on any atom is -0.478 e. The van der Waals surface area contributed by atoms with Gasteiger partial charge in [-0.3, -0.25) is 4.90 Å². The van der Waals surface area contributed by atoms with Crippen LogP contribution in [0.2, 0.25) is 0 Å². The first-order chi connectivity index (χ1) is 7.74. The van der Waals surface area contributed by atoms with Crippen LogP contribution in [0.5, 0.6) is 0 Å². The third-order valence-electron chi connectivity index (χ3n) is 2.67. The van der Waals surface area contributed by atoms with Gasteiger partial charge in [-0.25, -0.2) is 4.79 Å². The number of carbonyl (C=O) groups is 1. The summed E-state index contributed by atoms with van der Waals surface area (Å²) >= 11 is 1.70. The van der Waals surface area contributed by atoms with Crippen molar-refractivity contribution < 1.29 is 9.90 Å². The molecule has 0 radical (unpaired) electrons. The first-order valence-electron chi connectivity index (χ1n) is 5.45. The number of nitrogens with zero attached hydrogens (tertiary/aromatic N) is 1. The normalized spacial score (nSPS) is 17.2. The molecule has 1 aliphatic heterocycles. The van der Waals surface area contributed by atoms with E-state index in [2.05, 4.69) is 11.0 Å². The highest BCUT2D eigenvalue weighted by Gasteiger charge is 2.12. The Balaban J connectivity index is 1.93. The Hall–Kier alpha value is -1.13. The minimum atomic E-state index is -0.896. The molecule has 0 bridgehead atoms. The van der Waals surface area contributed by atoms with Crippen LogP contribution in [0.4, 0.5) is 0 Å². The fourth-order valence-electron chi connectivity index (χ4n) is 1.90. The zero-order valence-electron chi connectivity index (χ0n) is 9.06. The van der Waals surface area contributed by atoms with Crippen LogP contribution in [0, 0.1) is 0 Å². The standard InChI is InChI=1S/C12H15NO2S/c14-12(15)4-3-10-7-11(16-9-10)8-13-5-1-2-6-13/h3-4,7,9H,1-2,5-6,8H2,(H,14,15). The lowest BCUT2D eigenvalue weighted by Gasteiger charge is -2.12. The fourth-order valence-corrected chi connectivity index (χ4v) is 2.79. The molecule has 1 aromatic rings. The molecule has 1 saturated heterocycles. The van der Waals surface area contributed by atoms with E-state index >= 15 is 0 Å². The Morgan fingerprint density at radius 1 is 1.50 bits per heavy atom. The molecule has 1 N–H and O–H groups in total. The van der Waals surface area contributed by atoms with E-state index in [1.54, 1.807) is 17.4 Å². The minimum absolute atomic E-state index is 0.896. The molecule has 4 heteroatoms. The SMILES string of the molecule is O=C(O)C=Cc1csc(CN2CCCC2)c1. The molecule has 0 unspecified atom stereocenters. The Kier molecular flexibility index (Phi) is 3.74. The third kappa shape index (κ3) is 3.18. The van der Waals surface area contributed by atoms with E-state index in [1.807, 2.05) is 5.38 Å². The predicted molar refractivity (Wildman–Crippen MR) is 65.5 cm³/mol. The molecule has 1 aliphatic rings. The van der Waals surface area contributed by atoms with Crippen molar-refractivity contribution in [3.63, 3.8) is 0 Å². The van der Waals surface area contributed by atoms with Gasteiger partial charge < -0.3 is 5.11 Å². The zero-order valence-corrected chi connectivity index (χ0v) is 9.87. The molecule has 0 aliphatic carbocycles. The molecule has 0 saturated carbocycles. The average Bonchev–Trinajstić information content (AvgIpc) is 2.87. The van der Waals surface area contributed by atoms with E-state index in [4.69, 9.17) is 5.11 Å². The summed E-state index contributed by atoms with van der Waals surface area (Å²) in [6.07, 6.45) is 5.43. The number of likely N-dealkylation sites (tertiary alicyclic amines) is 1. The Morgan fingerprint density at radius 3 is 2.94 bits per heavy atom. The lowest BCUT2D eigenvalue weighted by molar-refractivity contribution is -0.131. The molecule has 1 fully saturated rings. The predicted octanol–water partition coefficient (Wildman–Crippen LogP) is 2.44. The smallest absolute Gasteiger partial charge is 0.328 e. The number of thiophene rings is 1. The van der Waals surface area contributed by atoms with Crippen LogP contribution in [0.1, 0.15) is 23.3 Å². The van der Waals surface area contributed by atoms with Gasteiger partial charge in [0.2, 0.25) is 0 Å². The van der Waals surface area contributed by atoms with E-state index in [0.29, 0.717) is 0 Å².